The molecule has 2 atom stereocenters. The van der Waals surface area contributed by atoms with Gasteiger partial charge in [0, 0.05) is 18.5 Å². The van der Waals surface area contributed by atoms with Crippen molar-refractivity contribution in [3.8, 4) is 0 Å². The summed E-state index contributed by atoms with van der Waals surface area (Å²) in [4.78, 5) is 27.9. The molecular weight excluding hydrogens is 481 g/mol. The molecule has 1 N–H and O–H groups in total. The molecule has 1 aromatic rings. The number of benzene rings is 1. The second-order valence-corrected chi connectivity index (χ2v) is 10.6. The first-order chi connectivity index (χ1) is 16.4. The molecule has 4 rings (SSSR count). The van der Waals surface area contributed by atoms with Gasteiger partial charge in [0.15, 0.2) is 0 Å². The Labute approximate surface area is 208 Å². The number of hydrogen-bond donors (Lipinski definition) is 1. The van der Waals surface area contributed by atoms with Gasteiger partial charge in [0.2, 0.25) is 5.91 Å². The summed E-state index contributed by atoms with van der Waals surface area (Å²) in [7, 11) is 1.62. The van der Waals surface area contributed by atoms with Crippen LogP contribution in [0.1, 0.15) is 55.5 Å². The molecule has 1 saturated carbocycles. The van der Waals surface area contributed by atoms with Crippen molar-refractivity contribution in [1.82, 2.24) is 10.2 Å². The highest BCUT2D eigenvalue weighted by Gasteiger charge is 2.53. The lowest BCUT2D eigenvalue weighted by molar-refractivity contribution is -0.137. The fourth-order valence-corrected chi connectivity index (χ4v) is 5.68. The van der Waals surface area contributed by atoms with E-state index in [1.165, 1.54) is 0 Å². The number of carbonyl (C=O) groups is 2. The van der Waals surface area contributed by atoms with E-state index >= 15 is 0 Å². The number of ether oxygens (including phenoxy) is 1. The van der Waals surface area contributed by atoms with Crippen molar-refractivity contribution in [3.63, 3.8) is 0 Å². The minimum atomic E-state index is -4.55. The minimum Gasteiger partial charge on any atom is -0.497 e. The Morgan fingerprint density at radius 1 is 1.23 bits per heavy atom. The first kappa shape index (κ1) is 25.6. The normalized spacial score (nSPS) is 27.9. The number of rotatable bonds is 5. The number of halogens is 4. The van der Waals surface area contributed by atoms with Crippen LogP contribution in [0.4, 0.5) is 13.2 Å². The summed E-state index contributed by atoms with van der Waals surface area (Å²) in [6, 6.07) is 2.61. The van der Waals surface area contributed by atoms with Crippen molar-refractivity contribution >= 4 is 23.4 Å². The monoisotopic (exact) mass is 510 g/mol. The number of carbonyl (C=O) groups excluding carboxylic acids is 2. The Bertz CT molecular complexity index is 1060. The number of alkyl halides is 3. The second-order valence-electron chi connectivity index (χ2n) is 10.2. The molecule has 0 spiro atoms. The minimum absolute atomic E-state index is 0.00289. The predicted molar refractivity (Wildman–Crippen MR) is 127 cm³/mol. The fourth-order valence-electron chi connectivity index (χ4n) is 5.47. The lowest BCUT2D eigenvalue weighted by Gasteiger charge is -2.34. The average molecular weight is 511 g/mol. The number of amides is 2. The van der Waals surface area contributed by atoms with Crippen molar-refractivity contribution in [1.29, 1.82) is 0 Å². The third-order valence-corrected chi connectivity index (χ3v) is 7.92. The van der Waals surface area contributed by atoms with E-state index in [4.69, 9.17) is 16.3 Å². The molecule has 1 heterocycles. The molecule has 190 valence electrons. The summed E-state index contributed by atoms with van der Waals surface area (Å²) in [5.41, 5.74) is -1.60. The van der Waals surface area contributed by atoms with E-state index in [-0.39, 0.29) is 34.5 Å². The SMILES string of the molecule is COC1=CC2C(C=C1)N(CC1CCC(NC(=O)c3cc(C(F)(F)F)ccc3Cl)CC1)C(=O)C2(C)C. The molecule has 1 aliphatic heterocycles. The molecule has 9 heteroatoms. The Kier molecular flexibility index (Phi) is 6.97. The van der Waals surface area contributed by atoms with Crippen LogP contribution in [-0.4, -0.2) is 42.5 Å². The maximum absolute atomic E-state index is 13.2. The molecule has 35 heavy (non-hydrogen) atoms. The van der Waals surface area contributed by atoms with Gasteiger partial charge in [-0.05, 0) is 62.0 Å². The van der Waals surface area contributed by atoms with Crippen molar-refractivity contribution in [2.45, 2.75) is 57.8 Å². The molecule has 1 saturated heterocycles. The first-order valence-corrected chi connectivity index (χ1v) is 12.2. The highest BCUT2D eigenvalue weighted by molar-refractivity contribution is 6.33. The van der Waals surface area contributed by atoms with E-state index < -0.39 is 23.1 Å². The van der Waals surface area contributed by atoms with Crippen LogP contribution in [0.3, 0.4) is 0 Å². The topological polar surface area (TPSA) is 58.6 Å². The lowest BCUT2D eigenvalue weighted by Crippen LogP contribution is -2.42. The molecule has 0 bridgehead atoms. The number of nitrogens with zero attached hydrogens (tertiary/aromatic N) is 1. The summed E-state index contributed by atoms with van der Waals surface area (Å²) >= 11 is 6.00. The van der Waals surface area contributed by atoms with Crippen LogP contribution in [0.15, 0.2) is 42.2 Å². The smallest absolute Gasteiger partial charge is 0.416 e. The highest BCUT2D eigenvalue weighted by atomic mass is 35.5. The van der Waals surface area contributed by atoms with Crippen molar-refractivity contribution < 1.29 is 27.5 Å². The van der Waals surface area contributed by atoms with E-state index in [9.17, 15) is 22.8 Å². The molecule has 5 nitrogen and oxygen atoms in total. The number of likely N-dealkylation sites (tertiary alicyclic amines) is 1. The number of fused-ring (bicyclic) bond motifs is 1. The fraction of sp³-hybridized carbons (Fsp3) is 0.538. The van der Waals surface area contributed by atoms with Crippen molar-refractivity contribution in [2.24, 2.45) is 17.3 Å². The molecule has 0 radical (unpaired) electrons. The maximum atomic E-state index is 13.2. The van der Waals surface area contributed by atoms with Gasteiger partial charge in [0.25, 0.3) is 5.91 Å². The summed E-state index contributed by atoms with van der Waals surface area (Å²) in [5, 5.41) is 2.83. The molecule has 2 fully saturated rings. The zero-order valence-corrected chi connectivity index (χ0v) is 20.7. The maximum Gasteiger partial charge on any atom is 0.416 e. The first-order valence-electron chi connectivity index (χ1n) is 11.8. The van der Waals surface area contributed by atoms with Crippen LogP contribution in [0.5, 0.6) is 0 Å². The number of methoxy groups -OCH3 is 1. The van der Waals surface area contributed by atoms with E-state index in [2.05, 4.69) is 5.32 Å². The van der Waals surface area contributed by atoms with Crippen LogP contribution in [-0.2, 0) is 15.7 Å². The van der Waals surface area contributed by atoms with E-state index in [0.717, 1.165) is 36.8 Å². The van der Waals surface area contributed by atoms with Crippen LogP contribution >= 0.6 is 11.6 Å². The summed E-state index contributed by atoms with van der Waals surface area (Å²) in [6.45, 7) is 4.59. The van der Waals surface area contributed by atoms with E-state index in [0.29, 0.717) is 25.3 Å². The predicted octanol–water partition coefficient (Wildman–Crippen LogP) is 5.60. The van der Waals surface area contributed by atoms with Gasteiger partial charge in [0.1, 0.15) is 5.76 Å². The van der Waals surface area contributed by atoms with Crippen LogP contribution in [0.2, 0.25) is 5.02 Å². The van der Waals surface area contributed by atoms with Gasteiger partial charge in [-0.25, -0.2) is 0 Å². The van der Waals surface area contributed by atoms with Gasteiger partial charge in [-0.15, -0.1) is 0 Å². The number of allylic oxidation sites excluding steroid dienone is 1. The summed E-state index contributed by atoms with van der Waals surface area (Å²) < 4.78 is 44.5. The quantitative estimate of drug-likeness (QED) is 0.561. The Morgan fingerprint density at radius 2 is 1.91 bits per heavy atom. The molecule has 2 unspecified atom stereocenters. The molecule has 1 aromatic carbocycles. The van der Waals surface area contributed by atoms with Gasteiger partial charge >= 0.3 is 6.18 Å². The van der Waals surface area contributed by atoms with Crippen molar-refractivity contribution in [3.05, 3.63) is 58.3 Å². The van der Waals surface area contributed by atoms with Crippen molar-refractivity contribution in [2.75, 3.05) is 13.7 Å². The zero-order chi connectivity index (χ0) is 25.5. The summed E-state index contributed by atoms with van der Waals surface area (Å²) in [6.07, 6.45) is 4.44. The van der Waals surface area contributed by atoms with Gasteiger partial charge in [0.05, 0.1) is 34.7 Å². The standard InChI is InChI=1S/C26H30ClF3N2O3/c1-25(2)20-13-18(35-3)9-11-22(20)32(24(25)34)14-15-4-7-17(8-5-15)31-23(33)19-12-16(26(28,29)30)6-10-21(19)27/h6,9-13,15,17,20,22H,4-5,7-8,14H2,1-3H3,(H,31,33). The Balaban J connectivity index is 1.35. The van der Waals surface area contributed by atoms with Crippen LogP contribution in [0.25, 0.3) is 0 Å². The molecular formula is C26H30ClF3N2O3. The second kappa shape index (κ2) is 9.52. The van der Waals surface area contributed by atoms with Crippen LogP contribution < -0.4 is 5.32 Å². The Morgan fingerprint density at radius 3 is 2.54 bits per heavy atom. The van der Waals surface area contributed by atoms with Gasteiger partial charge < -0.3 is 15.0 Å². The third-order valence-electron chi connectivity index (χ3n) is 7.59. The molecule has 2 amide bonds. The lowest BCUT2D eigenvalue weighted by atomic mass is 9.76. The number of hydrogen-bond acceptors (Lipinski definition) is 3. The third kappa shape index (κ3) is 5.08. The van der Waals surface area contributed by atoms with Gasteiger partial charge in [-0.1, -0.05) is 31.5 Å². The van der Waals surface area contributed by atoms with Gasteiger partial charge in [-0.3, -0.25) is 9.59 Å². The molecule has 3 aliphatic rings. The molecule has 2 aliphatic carbocycles. The van der Waals surface area contributed by atoms with E-state index in [1.54, 1.807) is 7.11 Å². The molecule has 0 aromatic heterocycles. The summed E-state index contributed by atoms with van der Waals surface area (Å²) in [5.74, 6) is 0.631. The average Bonchev–Trinajstić information content (AvgIpc) is 2.99. The Hall–Kier alpha value is -2.48. The zero-order valence-electron chi connectivity index (χ0n) is 20.0. The van der Waals surface area contributed by atoms with Crippen LogP contribution in [0, 0.1) is 17.3 Å². The van der Waals surface area contributed by atoms with Gasteiger partial charge in [-0.2, -0.15) is 13.2 Å². The largest absolute Gasteiger partial charge is 0.497 e. The highest BCUT2D eigenvalue weighted by Crippen LogP contribution is 2.45. The van der Waals surface area contributed by atoms with E-state index in [1.807, 2.05) is 37.0 Å². The number of nitrogens with one attached hydrogen (secondary N) is 1.